The highest BCUT2D eigenvalue weighted by molar-refractivity contribution is 6.33. The molecule has 166 valence electrons. The summed E-state index contributed by atoms with van der Waals surface area (Å²) < 4.78 is 15.4. The summed E-state index contributed by atoms with van der Waals surface area (Å²) in [5.41, 5.74) is -0.322. The van der Waals surface area contributed by atoms with E-state index in [1.165, 1.54) is 18.2 Å². The zero-order valence-corrected chi connectivity index (χ0v) is 17.9. The number of halogens is 1. The van der Waals surface area contributed by atoms with E-state index in [4.69, 9.17) is 25.5 Å². The fourth-order valence-electron chi connectivity index (χ4n) is 2.77. The van der Waals surface area contributed by atoms with Crippen molar-refractivity contribution in [1.82, 2.24) is 5.32 Å². The van der Waals surface area contributed by atoms with Crippen LogP contribution < -0.4 is 15.7 Å². The molecule has 32 heavy (non-hydrogen) atoms. The molecule has 0 unspecified atom stereocenters. The van der Waals surface area contributed by atoms with Gasteiger partial charge in [-0.2, -0.15) is 0 Å². The molecule has 3 aromatic rings. The normalized spacial score (nSPS) is 10.6. The molecular formula is C23H20ClNO7. The maximum atomic E-state index is 12.4. The SMILES string of the molecule is CCCC(=O)Oc1cc2oc(=O)c(C(=O)NCC(=O)OCc3ccccc3)cc2cc1Cl. The van der Waals surface area contributed by atoms with Crippen LogP contribution in [0.5, 0.6) is 5.75 Å². The summed E-state index contributed by atoms with van der Waals surface area (Å²) in [4.78, 5) is 48.2. The molecule has 0 aliphatic heterocycles. The van der Waals surface area contributed by atoms with E-state index in [1.54, 1.807) is 12.1 Å². The highest BCUT2D eigenvalue weighted by atomic mass is 35.5. The number of esters is 2. The number of ether oxygens (including phenoxy) is 2. The average molecular weight is 458 g/mol. The summed E-state index contributed by atoms with van der Waals surface area (Å²) in [6.07, 6.45) is 0.822. The summed E-state index contributed by atoms with van der Waals surface area (Å²) in [6.45, 7) is 1.48. The van der Waals surface area contributed by atoms with Crippen molar-refractivity contribution in [2.45, 2.75) is 26.4 Å². The van der Waals surface area contributed by atoms with Crippen LogP contribution in [0.3, 0.4) is 0 Å². The Balaban J connectivity index is 1.67. The van der Waals surface area contributed by atoms with Gasteiger partial charge in [-0.05, 0) is 24.1 Å². The van der Waals surface area contributed by atoms with Crippen LogP contribution in [-0.4, -0.2) is 24.4 Å². The van der Waals surface area contributed by atoms with Crippen molar-refractivity contribution in [2.75, 3.05) is 6.54 Å². The lowest BCUT2D eigenvalue weighted by molar-refractivity contribution is -0.143. The molecule has 1 amide bonds. The van der Waals surface area contributed by atoms with Gasteiger partial charge in [0.25, 0.3) is 5.91 Å². The Bertz CT molecular complexity index is 1200. The molecule has 0 radical (unpaired) electrons. The van der Waals surface area contributed by atoms with Gasteiger partial charge < -0.3 is 19.2 Å². The third-order valence-electron chi connectivity index (χ3n) is 4.35. The molecule has 3 rings (SSSR count). The van der Waals surface area contributed by atoms with Gasteiger partial charge >= 0.3 is 17.6 Å². The topological polar surface area (TPSA) is 112 Å². The molecule has 1 aromatic heterocycles. The monoisotopic (exact) mass is 457 g/mol. The lowest BCUT2D eigenvalue weighted by atomic mass is 10.1. The Hall–Kier alpha value is -3.65. The number of carbonyl (C=O) groups is 3. The molecule has 1 N–H and O–H groups in total. The predicted octanol–water partition coefficient (Wildman–Crippen LogP) is 3.63. The molecular weight excluding hydrogens is 438 g/mol. The first-order chi connectivity index (χ1) is 15.4. The van der Waals surface area contributed by atoms with Crippen molar-refractivity contribution in [1.29, 1.82) is 0 Å². The Morgan fingerprint density at radius 2 is 1.81 bits per heavy atom. The van der Waals surface area contributed by atoms with Crippen LogP contribution in [0.4, 0.5) is 0 Å². The molecule has 0 bridgehead atoms. The first-order valence-corrected chi connectivity index (χ1v) is 10.2. The van der Waals surface area contributed by atoms with Crippen molar-refractivity contribution < 1.29 is 28.3 Å². The van der Waals surface area contributed by atoms with Crippen LogP contribution in [0.1, 0.15) is 35.7 Å². The van der Waals surface area contributed by atoms with Gasteiger partial charge in [0.05, 0.1) is 5.02 Å². The van der Waals surface area contributed by atoms with Gasteiger partial charge in [-0.15, -0.1) is 0 Å². The van der Waals surface area contributed by atoms with Gasteiger partial charge in [-0.1, -0.05) is 48.9 Å². The first-order valence-electron chi connectivity index (χ1n) is 9.83. The predicted molar refractivity (Wildman–Crippen MR) is 117 cm³/mol. The summed E-state index contributed by atoms with van der Waals surface area (Å²) in [5, 5.41) is 2.80. The number of hydrogen-bond donors (Lipinski definition) is 1. The van der Waals surface area contributed by atoms with E-state index in [0.29, 0.717) is 11.8 Å². The smallest absolute Gasteiger partial charge is 0.349 e. The maximum Gasteiger partial charge on any atom is 0.349 e. The Morgan fingerprint density at radius 3 is 2.53 bits per heavy atom. The van der Waals surface area contributed by atoms with E-state index in [2.05, 4.69) is 5.32 Å². The molecule has 0 saturated heterocycles. The van der Waals surface area contributed by atoms with Crippen LogP contribution in [0.2, 0.25) is 5.02 Å². The van der Waals surface area contributed by atoms with E-state index in [9.17, 15) is 19.2 Å². The molecule has 1 heterocycles. The zero-order valence-electron chi connectivity index (χ0n) is 17.2. The molecule has 0 aliphatic carbocycles. The minimum Gasteiger partial charge on any atom is -0.460 e. The van der Waals surface area contributed by atoms with Gasteiger partial charge in [0.1, 0.15) is 24.3 Å². The highest BCUT2D eigenvalue weighted by Crippen LogP contribution is 2.30. The largest absolute Gasteiger partial charge is 0.460 e. The second-order valence-corrected chi connectivity index (χ2v) is 7.23. The summed E-state index contributed by atoms with van der Waals surface area (Å²) in [6, 6.07) is 13.1. The van der Waals surface area contributed by atoms with Crippen molar-refractivity contribution >= 4 is 40.4 Å². The minimum absolute atomic E-state index is 0.0547. The van der Waals surface area contributed by atoms with Crippen LogP contribution in [0.25, 0.3) is 11.0 Å². The lowest BCUT2D eigenvalue weighted by Gasteiger charge is -2.08. The molecule has 0 spiro atoms. The molecule has 2 aromatic carbocycles. The molecule has 0 atom stereocenters. The number of rotatable bonds is 8. The Kier molecular flexibility index (Phi) is 7.62. The van der Waals surface area contributed by atoms with E-state index in [-0.39, 0.29) is 34.9 Å². The number of fused-ring (bicyclic) bond motifs is 1. The van der Waals surface area contributed by atoms with E-state index in [1.807, 2.05) is 25.1 Å². The highest BCUT2D eigenvalue weighted by Gasteiger charge is 2.17. The molecule has 8 nitrogen and oxygen atoms in total. The van der Waals surface area contributed by atoms with Gasteiger partial charge in [-0.3, -0.25) is 14.4 Å². The standard InChI is InChI=1S/C23H20ClNO7/c1-2-6-20(26)31-19-11-18-15(10-17(19)24)9-16(23(29)32-18)22(28)25-12-21(27)30-13-14-7-4-3-5-8-14/h3-5,7-11H,2,6,12-13H2,1H3,(H,25,28). The molecule has 0 fully saturated rings. The number of hydrogen-bond acceptors (Lipinski definition) is 7. The Morgan fingerprint density at radius 1 is 1.06 bits per heavy atom. The van der Waals surface area contributed by atoms with Crippen LogP contribution in [0.15, 0.2) is 57.7 Å². The second-order valence-electron chi connectivity index (χ2n) is 6.82. The second kappa shape index (κ2) is 10.6. The number of benzene rings is 2. The lowest BCUT2D eigenvalue weighted by Crippen LogP contribution is -2.33. The third-order valence-corrected chi connectivity index (χ3v) is 4.64. The van der Waals surface area contributed by atoms with Crippen molar-refractivity contribution in [3.8, 4) is 5.75 Å². The number of nitrogens with one attached hydrogen (secondary N) is 1. The Labute approximate surface area is 188 Å². The summed E-state index contributed by atoms with van der Waals surface area (Å²) >= 11 is 6.15. The average Bonchev–Trinajstić information content (AvgIpc) is 2.77. The third kappa shape index (κ3) is 5.95. The van der Waals surface area contributed by atoms with Crippen molar-refractivity contribution in [3.63, 3.8) is 0 Å². The van der Waals surface area contributed by atoms with Crippen molar-refractivity contribution in [2.24, 2.45) is 0 Å². The van der Waals surface area contributed by atoms with Crippen molar-refractivity contribution in [3.05, 3.63) is 75.1 Å². The number of carbonyl (C=O) groups excluding carboxylic acids is 3. The van der Waals surface area contributed by atoms with Crippen LogP contribution >= 0.6 is 11.6 Å². The molecule has 0 aliphatic rings. The maximum absolute atomic E-state index is 12.4. The zero-order chi connectivity index (χ0) is 23.1. The number of amides is 1. The summed E-state index contributed by atoms with van der Waals surface area (Å²) in [7, 11) is 0. The minimum atomic E-state index is -0.916. The van der Waals surface area contributed by atoms with Gasteiger partial charge in [0.2, 0.25) is 0 Å². The molecule has 9 heteroatoms. The van der Waals surface area contributed by atoms with E-state index < -0.39 is 30.0 Å². The first kappa shape index (κ1) is 23.0. The fourth-order valence-corrected chi connectivity index (χ4v) is 2.98. The van der Waals surface area contributed by atoms with Gasteiger partial charge in [0, 0.05) is 17.9 Å². The van der Waals surface area contributed by atoms with Crippen LogP contribution in [0, 0.1) is 0 Å². The molecule has 0 saturated carbocycles. The van der Waals surface area contributed by atoms with Gasteiger partial charge in [0.15, 0.2) is 5.75 Å². The van der Waals surface area contributed by atoms with E-state index in [0.717, 1.165) is 5.56 Å². The van der Waals surface area contributed by atoms with Gasteiger partial charge in [-0.25, -0.2) is 4.79 Å². The summed E-state index contributed by atoms with van der Waals surface area (Å²) in [5.74, 6) is -1.87. The fraction of sp³-hybridized carbons (Fsp3) is 0.217. The van der Waals surface area contributed by atoms with E-state index >= 15 is 0 Å². The van der Waals surface area contributed by atoms with Crippen LogP contribution in [-0.2, 0) is 20.9 Å². The quantitative estimate of drug-likeness (QED) is 0.312.